The van der Waals surface area contributed by atoms with Crippen LogP contribution < -0.4 is 11.1 Å². The average Bonchev–Trinajstić information content (AvgIpc) is 2.73. The summed E-state index contributed by atoms with van der Waals surface area (Å²) in [5.41, 5.74) is 9.01. The van der Waals surface area contributed by atoms with Gasteiger partial charge in [-0.15, -0.1) is 11.3 Å². The highest BCUT2D eigenvalue weighted by atomic mass is 32.1. The van der Waals surface area contributed by atoms with E-state index in [-0.39, 0.29) is 0 Å². The number of hydrogen-bond acceptors (Lipinski definition) is 4. The molecule has 0 atom stereocenters. The summed E-state index contributed by atoms with van der Waals surface area (Å²) < 4.78 is 0. The van der Waals surface area contributed by atoms with Crippen molar-refractivity contribution in [2.45, 2.75) is 20.0 Å². The number of nitrogens with one attached hydrogen (secondary N) is 1. The highest BCUT2D eigenvalue weighted by molar-refractivity contribution is 7.13. The largest absolute Gasteiger partial charge is 0.357 e. The van der Waals surface area contributed by atoms with Crippen LogP contribution in [0.25, 0.3) is 0 Å². The van der Waals surface area contributed by atoms with E-state index in [0.717, 1.165) is 22.9 Å². The van der Waals surface area contributed by atoms with Crippen molar-refractivity contribution in [3.05, 3.63) is 46.5 Å². The van der Waals surface area contributed by atoms with Crippen LogP contribution in [-0.4, -0.2) is 4.98 Å². The van der Waals surface area contributed by atoms with Crippen molar-refractivity contribution in [3.8, 4) is 0 Å². The van der Waals surface area contributed by atoms with Crippen molar-refractivity contribution in [1.29, 1.82) is 0 Å². The summed E-state index contributed by atoms with van der Waals surface area (Å²) in [5, 5.41) is 6.31. The molecule has 3 N–H and O–H groups in total. The van der Waals surface area contributed by atoms with Gasteiger partial charge in [0.1, 0.15) is 0 Å². The topological polar surface area (TPSA) is 50.9 Å². The van der Waals surface area contributed by atoms with Gasteiger partial charge in [-0.25, -0.2) is 4.98 Å². The maximum atomic E-state index is 5.54. The fourth-order valence-corrected chi connectivity index (χ4v) is 2.09. The summed E-state index contributed by atoms with van der Waals surface area (Å²) in [5.74, 6) is 0. The van der Waals surface area contributed by atoms with Gasteiger partial charge in [-0.2, -0.15) is 0 Å². The number of nitrogens with zero attached hydrogens (tertiary/aromatic N) is 1. The average molecular weight is 233 g/mol. The molecule has 0 aliphatic heterocycles. The number of benzene rings is 1. The third kappa shape index (κ3) is 2.81. The molecule has 0 radical (unpaired) electrons. The standard InChI is InChI=1S/C12H15N3S/c1-9-8-16-12(15-9)14-7-11-4-2-10(6-13)3-5-11/h2-5,8H,6-7,13H2,1H3,(H,14,15). The third-order valence-corrected chi connectivity index (χ3v) is 3.24. The summed E-state index contributed by atoms with van der Waals surface area (Å²) in [7, 11) is 0. The highest BCUT2D eigenvalue weighted by Crippen LogP contribution is 2.15. The molecule has 1 heterocycles. The normalized spacial score (nSPS) is 10.4. The molecule has 0 amide bonds. The molecule has 1 aromatic carbocycles. The number of anilines is 1. The van der Waals surface area contributed by atoms with Gasteiger partial charge >= 0.3 is 0 Å². The highest BCUT2D eigenvalue weighted by Gasteiger charge is 1.98. The van der Waals surface area contributed by atoms with E-state index in [1.807, 2.05) is 12.3 Å². The number of aromatic nitrogens is 1. The Morgan fingerprint density at radius 2 is 1.94 bits per heavy atom. The molecule has 0 fully saturated rings. The zero-order chi connectivity index (χ0) is 11.4. The molecule has 0 aliphatic rings. The maximum Gasteiger partial charge on any atom is 0.183 e. The SMILES string of the molecule is Cc1csc(NCc2ccc(CN)cc2)n1. The minimum absolute atomic E-state index is 0.597. The first-order valence-electron chi connectivity index (χ1n) is 5.22. The minimum atomic E-state index is 0.597. The quantitative estimate of drug-likeness (QED) is 0.853. The second-order valence-corrected chi connectivity index (χ2v) is 4.53. The van der Waals surface area contributed by atoms with Gasteiger partial charge in [-0.05, 0) is 18.1 Å². The van der Waals surface area contributed by atoms with Crippen LogP contribution >= 0.6 is 11.3 Å². The van der Waals surface area contributed by atoms with Gasteiger partial charge in [0, 0.05) is 18.5 Å². The lowest BCUT2D eigenvalue weighted by atomic mass is 10.1. The molecule has 3 nitrogen and oxygen atoms in total. The molecule has 16 heavy (non-hydrogen) atoms. The van der Waals surface area contributed by atoms with E-state index in [9.17, 15) is 0 Å². The number of thiazole rings is 1. The van der Waals surface area contributed by atoms with E-state index in [1.165, 1.54) is 5.56 Å². The van der Waals surface area contributed by atoms with Gasteiger partial charge in [-0.3, -0.25) is 0 Å². The second-order valence-electron chi connectivity index (χ2n) is 3.67. The fraction of sp³-hybridized carbons (Fsp3) is 0.250. The molecular weight excluding hydrogens is 218 g/mol. The van der Waals surface area contributed by atoms with E-state index in [1.54, 1.807) is 11.3 Å². The Hall–Kier alpha value is -1.39. The number of aryl methyl sites for hydroxylation is 1. The molecular formula is C12H15N3S. The molecule has 0 saturated heterocycles. The van der Waals surface area contributed by atoms with Crippen LogP contribution in [0.4, 0.5) is 5.13 Å². The van der Waals surface area contributed by atoms with Gasteiger partial charge in [0.15, 0.2) is 5.13 Å². The lowest BCUT2D eigenvalue weighted by Gasteiger charge is -2.03. The van der Waals surface area contributed by atoms with Crippen molar-refractivity contribution in [3.63, 3.8) is 0 Å². The molecule has 0 spiro atoms. The first kappa shape index (κ1) is 11.1. The number of rotatable bonds is 4. The minimum Gasteiger partial charge on any atom is -0.357 e. The molecule has 0 saturated carbocycles. The van der Waals surface area contributed by atoms with Crippen molar-refractivity contribution in [2.24, 2.45) is 5.73 Å². The maximum absolute atomic E-state index is 5.54. The summed E-state index contributed by atoms with van der Waals surface area (Å²) in [6.45, 7) is 3.40. The lowest BCUT2D eigenvalue weighted by molar-refractivity contribution is 1.06. The molecule has 4 heteroatoms. The Labute approximate surface area is 99.3 Å². The Morgan fingerprint density at radius 3 is 2.50 bits per heavy atom. The molecule has 0 aliphatic carbocycles. The molecule has 1 aromatic heterocycles. The Bertz CT molecular complexity index is 448. The predicted octanol–water partition coefficient (Wildman–Crippen LogP) is 2.52. The van der Waals surface area contributed by atoms with Crippen molar-refractivity contribution >= 4 is 16.5 Å². The number of nitrogens with two attached hydrogens (primary N) is 1. The van der Waals surface area contributed by atoms with Gasteiger partial charge in [0.2, 0.25) is 0 Å². The van der Waals surface area contributed by atoms with E-state index in [2.05, 4.69) is 34.6 Å². The van der Waals surface area contributed by atoms with E-state index in [4.69, 9.17) is 5.73 Å². The van der Waals surface area contributed by atoms with E-state index in [0.29, 0.717) is 6.54 Å². The Kier molecular flexibility index (Phi) is 3.54. The molecule has 0 bridgehead atoms. The van der Waals surface area contributed by atoms with Gasteiger partial charge < -0.3 is 11.1 Å². The van der Waals surface area contributed by atoms with Crippen molar-refractivity contribution < 1.29 is 0 Å². The van der Waals surface area contributed by atoms with Crippen LogP contribution in [0, 0.1) is 6.92 Å². The fourth-order valence-electron chi connectivity index (χ4n) is 1.41. The van der Waals surface area contributed by atoms with Crippen LogP contribution in [0.5, 0.6) is 0 Å². The van der Waals surface area contributed by atoms with Gasteiger partial charge in [-0.1, -0.05) is 24.3 Å². The summed E-state index contributed by atoms with van der Waals surface area (Å²) >= 11 is 1.63. The van der Waals surface area contributed by atoms with Gasteiger partial charge in [0.05, 0.1) is 5.69 Å². The van der Waals surface area contributed by atoms with E-state index < -0.39 is 0 Å². The molecule has 2 rings (SSSR count). The summed E-state index contributed by atoms with van der Waals surface area (Å²) in [6, 6.07) is 8.31. The summed E-state index contributed by atoms with van der Waals surface area (Å²) in [4.78, 5) is 4.35. The Balaban J connectivity index is 1.94. The van der Waals surface area contributed by atoms with Crippen molar-refractivity contribution in [1.82, 2.24) is 4.98 Å². The lowest BCUT2D eigenvalue weighted by Crippen LogP contribution is -2.00. The predicted molar refractivity (Wildman–Crippen MR) is 68.5 cm³/mol. The summed E-state index contributed by atoms with van der Waals surface area (Å²) in [6.07, 6.45) is 0. The van der Waals surface area contributed by atoms with Gasteiger partial charge in [0.25, 0.3) is 0 Å². The molecule has 0 unspecified atom stereocenters. The van der Waals surface area contributed by atoms with Crippen LogP contribution in [0.15, 0.2) is 29.6 Å². The van der Waals surface area contributed by atoms with Crippen molar-refractivity contribution in [2.75, 3.05) is 5.32 Å². The molecule has 84 valence electrons. The monoisotopic (exact) mass is 233 g/mol. The number of hydrogen-bond donors (Lipinski definition) is 2. The van der Waals surface area contributed by atoms with Crippen LogP contribution in [0.2, 0.25) is 0 Å². The second kappa shape index (κ2) is 5.09. The molecule has 2 aromatic rings. The van der Waals surface area contributed by atoms with Crippen LogP contribution in [0.1, 0.15) is 16.8 Å². The smallest absolute Gasteiger partial charge is 0.183 e. The van der Waals surface area contributed by atoms with Crippen LogP contribution in [0.3, 0.4) is 0 Å². The zero-order valence-electron chi connectivity index (χ0n) is 9.23. The third-order valence-electron chi connectivity index (χ3n) is 2.32. The Morgan fingerprint density at radius 1 is 1.25 bits per heavy atom. The van der Waals surface area contributed by atoms with E-state index >= 15 is 0 Å². The first-order valence-corrected chi connectivity index (χ1v) is 6.10. The first-order chi connectivity index (χ1) is 7.78. The van der Waals surface area contributed by atoms with Crippen LogP contribution in [-0.2, 0) is 13.1 Å². The zero-order valence-corrected chi connectivity index (χ0v) is 10.1.